The Morgan fingerprint density at radius 3 is 2.44 bits per heavy atom. The molecule has 0 fully saturated rings. The first-order valence-corrected chi connectivity index (χ1v) is 5.64. The van der Waals surface area contributed by atoms with Gasteiger partial charge in [-0.05, 0) is 30.2 Å². The number of benzene rings is 2. The number of nitriles is 1. The Kier molecular flexibility index (Phi) is 3.54. The first-order chi connectivity index (χ1) is 8.72. The molecule has 0 saturated carbocycles. The van der Waals surface area contributed by atoms with Crippen molar-refractivity contribution in [2.45, 2.75) is 6.92 Å². The number of nitrogens with zero attached hydrogens (tertiary/aromatic N) is 1. The molecule has 0 atom stereocenters. The Morgan fingerprint density at radius 2 is 1.78 bits per heavy atom. The zero-order valence-corrected chi connectivity index (χ0v) is 10.0. The third kappa shape index (κ3) is 2.46. The quantitative estimate of drug-likeness (QED) is 0.567. The first-order valence-electron chi connectivity index (χ1n) is 5.64. The van der Waals surface area contributed by atoms with Gasteiger partial charge in [0.15, 0.2) is 0 Å². The average Bonchev–Trinajstić information content (AvgIpc) is 2.39. The normalized spacial score (nSPS) is 11.1. The van der Waals surface area contributed by atoms with Gasteiger partial charge in [0.1, 0.15) is 5.82 Å². The summed E-state index contributed by atoms with van der Waals surface area (Å²) < 4.78 is 13.6. The van der Waals surface area contributed by atoms with Crippen LogP contribution in [0, 0.1) is 24.1 Å². The van der Waals surface area contributed by atoms with Crippen molar-refractivity contribution in [1.82, 2.24) is 0 Å². The second-order valence-corrected chi connectivity index (χ2v) is 4.01. The number of allylic oxidation sites excluding steroid dienone is 1. The van der Waals surface area contributed by atoms with Crippen LogP contribution in [-0.4, -0.2) is 0 Å². The lowest BCUT2D eigenvalue weighted by Crippen LogP contribution is -1.88. The van der Waals surface area contributed by atoms with Crippen LogP contribution in [-0.2, 0) is 0 Å². The van der Waals surface area contributed by atoms with Crippen LogP contribution in [0.25, 0.3) is 11.6 Å². The summed E-state index contributed by atoms with van der Waals surface area (Å²) in [6, 6.07) is 16.1. The first kappa shape index (κ1) is 12.1. The van der Waals surface area contributed by atoms with Gasteiger partial charge in [0.25, 0.3) is 0 Å². The number of hydrogen-bond donors (Lipinski definition) is 0. The highest BCUT2D eigenvalue weighted by Gasteiger charge is 2.07. The zero-order valence-electron chi connectivity index (χ0n) is 10.0. The van der Waals surface area contributed by atoms with Gasteiger partial charge in [-0.3, -0.25) is 0 Å². The van der Waals surface area contributed by atoms with Crippen LogP contribution in [0.5, 0.6) is 0 Å². The lowest BCUT2D eigenvalue weighted by Gasteiger charge is -2.03. The van der Waals surface area contributed by atoms with Crippen molar-refractivity contribution in [2.75, 3.05) is 0 Å². The molecule has 18 heavy (non-hydrogen) atoms. The molecule has 0 unspecified atom stereocenters. The summed E-state index contributed by atoms with van der Waals surface area (Å²) >= 11 is 0. The molecule has 0 spiro atoms. The molecule has 0 heterocycles. The van der Waals surface area contributed by atoms with Crippen molar-refractivity contribution < 1.29 is 4.39 Å². The van der Waals surface area contributed by atoms with E-state index in [1.54, 1.807) is 24.3 Å². The average molecular weight is 237 g/mol. The van der Waals surface area contributed by atoms with E-state index < -0.39 is 0 Å². The van der Waals surface area contributed by atoms with E-state index in [4.69, 9.17) is 0 Å². The Balaban J connectivity index is 2.52. The van der Waals surface area contributed by atoms with Gasteiger partial charge in [-0.1, -0.05) is 42.5 Å². The molecule has 0 radical (unpaired) electrons. The molecule has 2 rings (SSSR count). The highest BCUT2D eigenvalue weighted by atomic mass is 19.1. The van der Waals surface area contributed by atoms with Crippen molar-refractivity contribution in [3.8, 4) is 6.07 Å². The van der Waals surface area contributed by atoms with Gasteiger partial charge in [0.2, 0.25) is 0 Å². The van der Waals surface area contributed by atoms with E-state index in [1.807, 2.05) is 31.2 Å². The van der Waals surface area contributed by atoms with Crippen molar-refractivity contribution in [2.24, 2.45) is 0 Å². The third-order valence-corrected chi connectivity index (χ3v) is 2.77. The fourth-order valence-electron chi connectivity index (χ4n) is 1.75. The molecular formula is C16H12FN. The number of hydrogen-bond acceptors (Lipinski definition) is 1. The smallest absolute Gasteiger partial charge is 0.131 e. The lowest BCUT2D eigenvalue weighted by atomic mass is 10.0. The Bertz CT molecular complexity index is 636. The van der Waals surface area contributed by atoms with E-state index in [0.29, 0.717) is 11.1 Å². The van der Waals surface area contributed by atoms with Gasteiger partial charge in [-0.15, -0.1) is 0 Å². The second-order valence-electron chi connectivity index (χ2n) is 4.01. The predicted molar refractivity (Wildman–Crippen MR) is 71.1 cm³/mol. The summed E-state index contributed by atoms with van der Waals surface area (Å²) in [5, 5.41) is 9.17. The molecule has 0 saturated heterocycles. The van der Waals surface area contributed by atoms with Crippen LogP contribution >= 0.6 is 0 Å². The monoisotopic (exact) mass is 237 g/mol. The molecule has 0 amide bonds. The molecule has 88 valence electrons. The minimum absolute atomic E-state index is 0.336. The van der Waals surface area contributed by atoms with Gasteiger partial charge in [0.05, 0.1) is 11.6 Å². The molecule has 2 aromatic rings. The Hall–Kier alpha value is -2.40. The number of rotatable bonds is 2. The predicted octanol–water partition coefficient (Wildman–Crippen LogP) is 4.20. The Morgan fingerprint density at radius 1 is 1.11 bits per heavy atom. The highest BCUT2D eigenvalue weighted by molar-refractivity contribution is 5.90. The van der Waals surface area contributed by atoms with E-state index in [1.165, 1.54) is 6.07 Å². The van der Waals surface area contributed by atoms with Crippen LogP contribution < -0.4 is 0 Å². The fraction of sp³-hybridized carbons (Fsp3) is 0.0625. The number of aryl methyl sites for hydroxylation is 1. The third-order valence-electron chi connectivity index (χ3n) is 2.77. The van der Waals surface area contributed by atoms with Crippen LogP contribution in [0.4, 0.5) is 4.39 Å². The molecule has 0 aliphatic carbocycles. The van der Waals surface area contributed by atoms with E-state index in [2.05, 4.69) is 6.07 Å². The summed E-state index contributed by atoms with van der Waals surface area (Å²) in [4.78, 5) is 0. The minimum Gasteiger partial charge on any atom is -0.206 e. The Labute approximate surface area is 106 Å². The van der Waals surface area contributed by atoms with Crippen LogP contribution in [0.3, 0.4) is 0 Å². The SMILES string of the molecule is Cc1ccccc1/C=C(/C#N)c1ccccc1F. The van der Waals surface area contributed by atoms with E-state index in [9.17, 15) is 9.65 Å². The topological polar surface area (TPSA) is 23.8 Å². The molecule has 0 aliphatic rings. The maximum absolute atomic E-state index is 13.6. The summed E-state index contributed by atoms with van der Waals surface area (Å²) in [6.07, 6.45) is 1.72. The molecule has 0 bridgehead atoms. The van der Waals surface area contributed by atoms with Gasteiger partial charge in [-0.25, -0.2) is 4.39 Å². The fourth-order valence-corrected chi connectivity index (χ4v) is 1.75. The highest BCUT2D eigenvalue weighted by Crippen LogP contribution is 2.21. The van der Waals surface area contributed by atoms with Crippen LogP contribution in [0.15, 0.2) is 48.5 Å². The minimum atomic E-state index is -0.376. The molecule has 1 nitrogen and oxygen atoms in total. The van der Waals surface area contributed by atoms with E-state index in [-0.39, 0.29) is 5.82 Å². The van der Waals surface area contributed by atoms with Crippen molar-refractivity contribution in [3.63, 3.8) is 0 Å². The van der Waals surface area contributed by atoms with E-state index in [0.717, 1.165) is 11.1 Å². The van der Waals surface area contributed by atoms with Gasteiger partial charge in [0, 0.05) is 5.56 Å². The second kappa shape index (κ2) is 5.29. The lowest BCUT2D eigenvalue weighted by molar-refractivity contribution is 0.624. The van der Waals surface area contributed by atoms with Crippen molar-refractivity contribution in [3.05, 3.63) is 71.0 Å². The summed E-state index contributed by atoms with van der Waals surface area (Å²) in [7, 11) is 0. The van der Waals surface area contributed by atoms with Crippen molar-refractivity contribution in [1.29, 1.82) is 5.26 Å². The van der Waals surface area contributed by atoms with E-state index >= 15 is 0 Å². The standard InChI is InChI=1S/C16H12FN/c1-12-6-2-3-7-13(12)10-14(11-18)15-8-4-5-9-16(15)17/h2-10H,1H3/b14-10-. The van der Waals surface area contributed by atoms with Crippen molar-refractivity contribution >= 4 is 11.6 Å². The molecule has 2 aromatic carbocycles. The molecule has 0 aromatic heterocycles. The molecule has 0 N–H and O–H groups in total. The van der Waals surface area contributed by atoms with Crippen LogP contribution in [0.1, 0.15) is 16.7 Å². The maximum Gasteiger partial charge on any atom is 0.131 e. The molecular weight excluding hydrogens is 225 g/mol. The van der Waals surface area contributed by atoms with Gasteiger partial charge >= 0.3 is 0 Å². The number of halogens is 1. The zero-order chi connectivity index (χ0) is 13.0. The van der Waals surface area contributed by atoms with Gasteiger partial charge in [-0.2, -0.15) is 5.26 Å². The summed E-state index contributed by atoms with van der Waals surface area (Å²) in [6.45, 7) is 1.96. The summed E-state index contributed by atoms with van der Waals surface area (Å²) in [5.74, 6) is -0.376. The largest absolute Gasteiger partial charge is 0.206 e. The summed E-state index contributed by atoms with van der Waals surface area (Å²) in [5.41, 5.74) is 2.66. The van der Waals surface area contributed by atoms with Crippen LogP contribution in [0.2, 0.25) is 0 Å². The molecule has 2 heteroatoms. The molecule has 0 aliphatic heterocycles. The van der Waals surface area contributed by atoms with Gasteiger partial charge < -0.3 is 0 Å². The maximum atomic E-state index is 13.6.